The SMILES string of the molecule is CCCCCNC(=O)C1(C)CCNC1. The van der Waals surface area contributed by atoms with E-state index >= 15 is 0 Å². The van der Waals surface area contributed by atoms with Gasteiger partial charge in [0.1, 0.15) is 0 Å². The number of hydrogen-bond donors (Lipinski definition) is 2. The molecular weight excluding hydrogens is 176 g/mol. The second kappa shape index (κ2) is 5.35. The van der Waals surface area contributed by atoms with E-state index in [0.29, 0.717) is 0 Å². The summed E-state index contributed by atoms with van der Waals surface area (Å²) in [7, 11) is 0. The van der Waals surface area contributed by atoms with Gasteiger partial charge in [0.15, 0.2) is 0 Å². The Bertz CT molecular complexity index is 186. The third-order valence-electron chi connectivity index (χ3n) is 2.98. The first kappa shape index (κ1) is 11.5. The van der Waals surface area contributed by atoms with Crippen LogP contribution in [0.15, 0.2) is 0 Å². The van der Waals surface area contributed by atoms with E-state index in [0.717, 1.165) is 32.5 Å². The lowest BCUT2D eigenvalue weighted by Crippen LogP contribution is -2.40. The van der Waals surface area contributed by atoms with Crippen molar-refractivity contribution in [2.45, 2.75) is 39.5 Å². The van der Waals surface area contributed by atoms with Gasteiger partial charge in [-0.2, -0.15) is 0 Å². The largest absolute Gasteiger partial charge is 0.356 e. The third kappa shape index (κ3) is 2.98. The Balaban J connectivity index is 2.20. The van der Waals surface area contributed by atoms with Gasteiger partial charge in [0.2, 0.25) is 5.91 Å². The second-order valence-electron chi connectivity index (χ2n) is 4.45. The Morgan fingerprint density at radius 2 is 2.29 bits per heavy atom. The quantitative estimate of drug-likeness (QED) is 0.654. The van der Waals surface area contributed by atoms with Crippen LogP contribution in [0.25, 0.3) is 0 Å². The van der Waals surface area contributed by atoms with Crippen LogP contribution < -0.4 is 10.6 Å². The summed E-state index contributed by atoms with van der Waals surface area (Å²) in [4.78, 5) is 11.8. The normalized spacial score (nSPS) is 26.4. The summed E-state index contributed by atoms with van der Waals surface area (Å²) in [5, 5.41) is 6.26. The Kier molecular flexibility index (Phi) is 4.39. The van der Waals surface area contributed by atoms with Crippen molar-refractivity contribution in [2.75, 3.05) is 19.6 Å². The van der Waals surface area contributed by atoms with Crippen molar-refractivity contribution in [2.24, 2.45) is 5.41 Å². The van der Waals surface area contributed by atoms with Crippen LogP contribution in [-0.2, 0) is 4.79 Å². The van der Waals surface area contributed by atoms with E-state index in [1.807, 2.05) is 6.92 Å². The topological polar surface area (TPSA) is 41.1 Å². The lowest BCUT2D eigenvalue weighted by Gasteiger charge is -2.21. The maximum Gasteiger partial charge on any atom is 0.227 e. The van der Waals surface area contributed by atoms with Gasteiger partial charge < -0.3 is 10.6 Å². The molecule has 1 atom stereocenters. The second-order valence-corrected chi connectivity index (χ2v) is 4.45. The number of unbranched alkanes of at least 4 members (excludes halogenated alkanes) is 2. The monoisotopic (exact) mass is 198 g/mol. The van der Waals surface area contributed by atoms with E-state index in [4.69, 9.17) is 0 Å². The van der Waals surface area contributed by atoms with Crippen molar-refractivity contribution in [3.05, 3.63) is 0 Å². The Morgan fingerprint density at radius 3 is 2.86 bits per heavy atom. The van der Waals surface area contributed by atoms with Gasteiger partial charge in [-0.25, -0.2) is 0 Å². The summed E-state index contributed by atoms with van der Waals surface area (Å²) in [6.07, 6.45) is 4.47. The molecule has 0 radical (unpaired) electrons. The molecule has 1 aliphatic heterocycles. The van der Waals surface area contributed by atoms with Crippen LogP contribution in [0.5, 0.6) is 0 Å². The van der Waals surface area contributed by atoms with Crippen LogP contribution in [0, 0.1) is 5.41 Å². The third-order valence-corrected chi connectivity index (χ3v) is 2.98. The molecule has 0 aromatic carbocycles. The predicted octanol–water partition coefficient (Wildman–Crippen LogP) is 1.29. The van der Waals surface area contributed by atoms with Crippen molar-refractivity contribution in [1.29, 1.82) is 0 Å². The van der Waals surface area contributed by atoms with Gasteiger partial charge in [-0.1, -0.05) is 19.8 Å². The first-order chi connectivity index (χ1) is 6.69. The zero-order valence-corrected chi connectivity index (χ0v) is 9.36. The average Bonchev–Trinajstić information content (AvgIpc) is 2.61. The van der Waals surface area contributed by atoms with Gasteiger partial charge in [0.05, 0.1) is 5.41 Å². The lowest BCUT2D eigenvalue weighted by molar-refractivity contribution is -0.129. The molecule has 1 fully saturated rings. The summed E-state index contributed by atoms with van der Waals surface area (Å²) in [5.74, 6) is 0.221. The molecule has 0 saturated carbocycles. The van der Waals surface area contributed by atoms with E-state index in [1.165, 1.54) is 12.8 Å². The highest BCUT2D eigenvalue weighted by Crippen LogP contribution is 2.24. The highest BCUT2D eigenvalue weighted by molar-refractivity contribution is 5.82. The predicted molar refractivity (Wildman–Crippen MR) is 58.1 cm³/mol. The van der Waals surface area contributed by atoms with Gasteiger partial charge in [0.25, 0.3) is 0 Å². The highest BCUT2D eigenvalue weighted by Gasteiger charge is 2.35. The molecule has 1 rings (SSSR count). The van der Waals surface area contributed by atoms with Crippen molar-refractivity contribution in [3.8, 4) is 0 Å². The smallest absolute Gasteiger partial charge is 0.227 e. The number of carbonyl (C=O) groups is 1. The molecule has 0 aromatic heterocycles. The molecule has 3 heteroatoms. The Morgan fingerprint density at radius 1 is 1.50 bits per heavy atom. The number of amides is 1. The maximum absolute atomic E-state index is 11.8. The molecule has 3 nitrogen and oxygen atoms in total. The van der Waals surface area contributed by atoms with Crippen molar-refractivity contribution < 1.29 is 4.79 Å². The average molecular weight is 198 g/mol. The minimum atomic E-state index is -0.161. The van der Waals surface area contributed by atoms with E-state index in [2.05, 4.69) is 17.6 Å². The fourth-order valence-corrected chi connectivity index (χ4v) is 1.80. The van der Waals surface area contributed by atoms with Gasteiger partial charge in [-0.05, 0) is 26.3 Å². The van der Waals surface area contributed by atoms with E-state index in [1.54, 1.807) is 0 Å². The first-order valence-electron chi connectivity index (χ1n) is 5.68. The van der Waals surface area contributed by atoms with E-state index in [9.17, 15) is 4.79 Å². The number of carbonyl (C=O) groups excluding carboxylic acids is 1. The minimum absolute atomic E-state index is 0.161. The molecule has 82 valence electrons. The summed E-state index contributed by atoms with van der Waals surface area (Å²) < 4.78 is 0. The molecule has 1 aliphatic rings. The standard InChI is InChI=1S/C11H22N2O/c1-3-4-5-7-13-10(14)11(2)6-8-12-9-11/h12H,3-9H2,1-2H3,(H,13,14). The molecule has 1 unspecified atom stereocenters. The van der Waals surface area contributed by atoms with Gasteiger partial charge in [-0.15, -0.1) is 0 Å². The van der Waals surface area contributed by atoms with Crippen LogP contribution >= 0.6 is 0 Å². The molecule has 2 N–H and O–H groups in total. The number of rotatable bonds is 5. The van der Waals surface area contributed by atoms with Gasteiger partial charge in [0, 0.05) is 13.1 Å². The lowest BCUT2D eigenvalue weighted by atomic mass is 9.89. The molecular formula is C11H22N2O. The molecule has 0 aliphatic carbocycles. The van der Waals surface area contributed by atoms with Gasteiger partial charge >= 0.3 is 0 Å². The fourth-order valence-electron chi connectivity index (χ4n) is 1.80. The highest BCUT2D eigenvalue weighted by atomic mass is 16.2. The summed E-state index contributed by atoms with van der Waals surface area (Å²) >= 11 is 0. The summed E-state index contributed by atoms with van der Waals surface area (Å²) in [6.45, 7) is 6.85. The van der Waals surface area contributed by atoms with E-state index < -0.39 is 0 Å². The molecule has 0 aromatic rings. The fraction of sp³-hybridized carbons (Fsp3) is 0.909. The first-order valence-corrected chi connectivity index (χ1v) is 5.68. The van der Waals surface area contributed by atoms with Gasteiger partial charge in [-0.3, -0.25) is 4.79 Å². The minimum Gasteiger partial charge on any atom is -0.356 e. The van der Waals surface area contributed by atoms with Crippen LogP contribution in [0.2, 0.25) is 0 Å². The molecule has 0 spiro atoms. The molecule has 0 bridgehead atoms. The molecule has 1 heterocycles. The summed E-state index contributed by atoms with van der Waals surface area (Å²) in [6, 6.07) is 0. The van der Waals surface area contributed by atoms with Crippen LogP contribution in [0.4, 0.5) is 0 Å². The van der Waals surface area contributed by atoms with E-state index in [-0.39, 0.29) is 11.3 Å². The summed E-state index contributed by atoms with van der Waals surface area (Å²) in [5.41, 5.74) is -0.161. The zero-order valence-electron chi connectivity index (χ0n) is 9.36. The zero-order chi connectivity index (χ0) is 10.4. The Labute approximate surface area is 86.6 Å². The van der Waals surface area contributed by atoms with Crippen LogP contribution in [-0.4, -0.2) is 25.5 Å². The van der Waals surface area contributed by atoms with Crippen molar-refractivity contribution >= 4 is 5.91 Å². The molecule has 14 heavy (non-hydrogen) atoms. The van der Waals surface area contributed by atoms with Crippen molar-refractivity contribution in [3.63, 3.8) is 0 Å². The maximum atomic E-state index is 11.8. The molecule has 1 amide bonds. The number of nitrogens with one attached hydrogen (secondary N) is 2. The van der Waals surface area contributed by atoms with Crippen molar-refractivity contribution in [1.82, 2.24) is 10.6 Å². The Hall–Kier alpha value is -0.570. The molecule has 1 saturated heterocycles. The van der Waals surface area contributed by atoms with Crippen LogP contribution in [0.1, 0.15) is 39.5 Å². The van der Waals surface area contributed by atoms with Crippen LogP contribution in [0.3, 0.4) is 0 Å². The number of hydrogen-bond acceptors (Lipinski definition) is 2.